The molecule has 0 saturated carbocycles. The Morgan fingerprint density at radius 2 is 0.500 bits per heavy atom. The Balaban J connectivity index is 1.22. The standard InChI is InChI=1S/C88H82N8O4/c1-85(2,3)59-47-57(48-60(51-59)86(4,5)6)75-67-39-43-71(89-67)79(77-63(93-81(97)53-27-17-13-18-28-53)35-25-36-64(77)94-82(98)54-29-19-14-20-30-54)73-45-41-69(91-73)76(58-49-61(87(7,8)9)52-62(50-58)88(10,11)12)70-42-46-74(92-70)80(72-44-40-68(75)90-72)78-65(95-83(99)55-31-21-15-22-32-55)37-26-38-66(78)96-84(100)56-33-23-16-24-34-56/h13-52,89,92H,1-12H3,(H,93,97)(H,94,98)(H,95,99)(H,96,100). The van der Waals surface area contributed by atoms with Gasteiger partial charge in [0.05, 0.1) is 45.5 Å². The topological polar surface area (TPSA) is 174 Å². The van der Waals surface area contributed by atoms with Crippen LogP contribution in [0.15, 0.2) is 218 Å². The highest BCUT2D eigenvalue weighted by atomic mass is 16.2. The molecule has 8 bridgehead atoms. The third-order valence-corrected chi connectivity index (χ3v) is 18.4. The highest BCUT2D eigenvalue weighted by molar-refractivity contribution is 6.16. The summed E-state index contributed by atoms with van der Waals surface area (Å²) in [6.45, 7) is 26.7. The van der Waals surface area contributed by atoms with Crippen LogP contribution in [0.4, 0.5) is 22.7 Å². The summed E-state index contributed by atoms with van der Waals surface area (Å²) in [5, 5.41) is 13.1. The molecular formula is C88H82N8O4. The second-order valence-electron chi connectivity index (χ2n) is 29.8. The van der Waals surface area contributed by atoms with Crippen LogP contribution < -0.4 is 21.3 Å². The Kier molecular flexibility index (Phi) is 17.8. The van der Waals surface area contributed by atoms with Crippen molar-refractivity contribution in [3.8, 4) is 44.5 Å². The molecule has 0 spiro atoms. The number of anilines is 4. The van der Waals surface area contributed by atoms with E-state index in [1.807, 2.05) is 146 Å². The highest BCUT2D eigenvalue weighted by Gasteiger charge is 2.30. The van der Waals surface area contributed by atoms with Gasteiger partial charge in [-0.1, -0.05) is 204 Å². The summed E-state index contributed by atoms with van der Waals surface area (Å²) < 4.78 is 0. The molecule has 498 valence electrons. The number of rotatable bonds is 12. The Morgan fingerprint density at radius 3 is 0.740 bits per heavy atom. The second-order valence-corrected chi connectivity index (χ2v) is 29.8. The molecule has 100 heavy (non-hydrogen) atoms. The molecule has 3 aromatic heterocycles. The van der Waals surface area contributed by atoms with Crippen LogP contribution in [-0.4, -0.2) is 43.6 Å². The van der Waals surface area contributed by atoms with Gasteiger partial charge in [0.1, 0.15) is 0 Å². The lowest BCUT2D eigenvalue weighted by molar-refractivity contribution is 0.101. The van der Waals surface area contributed by atoms with Gasteiger partial charge in [0.15, 0.2) is 0 Å². The fourth-order valence-electron chi connectivity index (χ4n) is 12.8. The number of fused-ring (bicyclic) bond motifs is 8. The fourth-order valence-corrected chi connectivity index (χ4v) is 12.8. The van der Waals surface area contributed by atoms with Crippen LogP contribution >= 0.6 is 0 Å². The maximum Gasteiger partial charge on any atom is 0.255 e. The minimum Gasteiger partial charge on any atom is -0.354 e. The molecule has 0 unspecified atom stereocenters. The highest BCUT2D eigenvalue weighted by Crippen LogP contribution is 2.47. The molecule has 4 amide bonds. The Hall–Kier alpha value is -11.8. The van der Waals surface area contributed by atoms with Gasteiger partial charge in [-0.05, 0) is 176 Å². The van der Waals surface area contributed by atoms with E-state index in [-0.39, 0.29) is 45.3 Å². The van der Waals surface area contributed by atoms with Crippen molar-refractivity contribution in [2.24, 2.45) is 0 Å². The molecule has 12 heteroatoms. The maximum atomic E-state index is 14.7. The summed E-state index contributed by atoms with van der Waals surface area (Å²) in [5.74, 6) is -1.38. The zero-order chi connectivity index (χ0) is 70.4. The largest absolute Gasteiger partial charge is 0.354 e. The molecule has 0 saturated heterocycles. The number of benzene rings is 8. The van der Waals surface area contributed by atoms with Crippen LogP contribution in [0.5, 0.6) is 0 Å². The van der Waals surface area contributed by atoms with Crippen LogP contribution in [-0.2, 0) is 21.7 Å². The van der Waals surface area contributed by atoms with Crippen molar-refractivity contribution in [2.45, 2.75) is 105 Å². The van der Waals surface area contributed by atoms with E-state index < -0.39 is 0 Å². The summed E-state index contributed by atoms with van der Waals surface area (Å²) >= 11 is 0. The summed E-state index contributed by atoms with van der Waals surface area (Å²) in [4.78, 5) is 78.2. The molecular weight excluding hydrogens is 1230 g/mol. The maximum absolute atomic E-state index is 14.7. The second kappa shape index (κ2) is 26.6. The SMILES string of the molecule is CC(C)(C)c1cc(-c2c3nc(c(-c4c(NC(=O)c5ccccc5)cccc4NC(=O)c4ccccc4)c4ccc([nH]4)c(-c4cc(C(C)(C)C)cc(C(C)(C)C)c4)c4nc(c(-c5c(NC(=O)c6ccccc6)cccc5NC(=O)c5ccccc5)c5ccc2[nH]5)C=C4)C=C3)cc(C(C)(C)C)c1. The number of hydrogen-bond acceptors (Lipinski definition) is 6. The molecule has 2 aliphatic heterocycles. The van der Waals surface area contributed by atoms with Gasteiger partial charge in [0.2, 0.25) is 0 Å². The average molecular weight is 1320 g/mol. The van der Waals surface area contributed by atoms with Crippen molar-refractivity contribution in [3.63, 3.8) is 0 Å². The minimum atomic E-state index is -0.345. The van der Waals surface area contributed by atoms with Crippen LogP contribution in [0.2, 0.25) is 0 Å². The molecule has 0 atom stereocenters. The van der Waals surface area contributed by atoms with E-state index in [0.717, 1.165) is 44.5 Å². The van der Waals surface area contributed by atoms with Gasteiger partial charge in [-0.25, -0.2) is 9.97 Å². The van der Waals surface area contributed by atoms with E-state index >= 15 is 0 Å². The molecule has 13 rings (SSSR count). The summed E-state index contributed by atoms with van der Waals surface area (Å²) in [7, 11) is 0. The van der Waals surface area contributed by atoms with Gasteiger partial charge in [0, 0.05) is 77.7 Å². The number of H-pyrrole nitrogens is 2. The van der Waals surface area contributed by atoms with E-state index in [1.165, 1.54) is 0 Å². The molecule has 12 nitrogen and oxygen atoms in total. The van der Waals surface area contributed by atoms with Crippen molar-refractivity contribution < 1.29 is 19.2 Å². The number of nitrogens with one attached hydrogen (secondary N) is 6. The molecule has 2 aliphatic rings. The Morgan fingerprint density at radius 1 is 0.270 bits per heavy atom. The molecule has 0 fully saturated rings. The van der Waals surface area contributed by atoms with E-state index in [2.05, 4.69) is 163 Å². The number of aromatic amines is 2. The lowest BCUT2D eigenvalue weighted by Crippen LogP contribution is -2.16. The molecule has 6 N–H and O–H groups in total. The number of nitrogens with zero attached hydrogens (tertiary/aromatic N) is 2. The van der Waals surface area contributed by atoms with E-state index in [0.29, 0.717) is 112 Å². The van der Waals surface area contributed by atoms with Crippen LogP contribution in [0.1, 0.15) is 170 Å². The van der Waals surface area contributed by atoms with Crippen molar-refractivity contribution in [2.75, 3.05) is 21.3 Å². The Labute approximate surface area is 584 Å². The molecule has 0 radical (unpaired) electrons. The van der Waals surface area contributed by atoms with Crippen LogP contribution in [0, 0.1) is 0 Å². The minimum absolute atomic E-state index is 0.282. The van der Waals surface area contributed by atoms with Crippen molar-refractivity contribution in [1.82, 2.24) is 19.9 Å². The third-order valence-electron chi connectivity index (χ3n) is 18.4. The quantitative estimate of drug-likeness (QED) is 0.0710. The van der Waals surface area contributed by atoms with Crippen molar-refractivity contribution >= 4 is 92.7 Å². The summed E-state index contributed by atoms with van der Waals surface area (Å²) in [6, 6.07) is 69.2. The molecule has 5 heterocycles. The lowest BCUT2D eigenvalue weighted by atomic mass is 9.78. The van der Waals surface area contributed by atoms with Crippen LogP contribution in [0.3, 0.4) is 0 Å². The lowest BCUT2D eigenvalue weighted by Gasteiger charge is -2.26. The first kappa shape index (κ1) is 66.8. The third kappa shape index (κ3) is 13.9. The molecule has 11 aromatic rings. The first-order chi connectivity index (χ1) is 47.7. The van der Waals surface area contributed by atoms with Gasteiger partial charge in [-0.2, -0.15) is 0 Å². The number of aromatic nitrogens is 4. The van der Waals surface area contributed by atoms with Gasteiger partial charge in [-0.3, -0.25) is 19.2 Å². The average Bonchev–Trinajstić information content (AvgIpc) is 1.56. The van der Waals surface area contributed by atoms with Crippen molar-refractivity contribution in [1.29, 1.82) is 0 Å². The fraction of sp³-hybridized carbons (Fsp3) is 0.182. The number of carbonyl (C=O) groups excluding carboxylic acids is 4. The normalized spacial score (nSPS) is 12.3. The number of hydrogen-bond donors (Lipinski definition) is 6. The smallest absolute Gasteiger partial charge is 0.255 e. The van der Waals surface area contributed by atoms with Crippen LogP contribution in [0.25, 0.3) is 90.9 Å². The zero-order valence-corrected chi connectivity index (χ0v) is 58.6. The van der Waals surface area contributed by atoms with E-state index in [4.69, 9.17) is 9.97 Å². The predicted octanol–water partition coefficient (Wildman–Crippen LogP) is 21.5. The summed E-state index contributed by atoms with van der Waals surface area (Å²) in [5.41, 5.74) is 17.4. The Bertz CT molecular complexity index is 4750. The number of amides is 4. The first-order valence-electron chi connectivity index (χ1n) is 33.9. The predicted molar refractivity (Wildman–Crippen MR) is 413 cm³/mol. The first-order valence-corrected chi connectivity index (χ1v) is 33.9. The van der Waals surface area contributed by atoms with Gasteiger partial charge >= 0.3 is 0 Å². The monoisotopic (exact) mass is 1310 g/mol. The molecule has 0 aliphatic carbocycles. The van der Waals surface area contributed by atoms with Crippen molar-refractivity contribution in [3.05, 3.63) is 286 Å². The molecule has 8 aromatic carbocycles. The van der Waals surface area contributed by atoms with Gasteiger partial charge in [0.25, 0.3) is 23.6 Å². The zero-order valence-electron chi connectivity index (χ0n) is 58.6. The van der Waals surface area contributed by atoms with Gasteiger partial charge < -0.3 is 31.2 Å². The van der Waals surface area contributed by atoms with Gasteiger partial charge in [-0.15, -0.1) is 0 Å². The van der Waals surface area contributed by atoms with E-state index in [9.17, 15) is 19.2 Å². The summed E-state index contributed by atoms with van der Waals surface area (Å²) in [6.07, 6.45) is 8.08. The number of carbonyl (C=O) groups is 4. The van der Waals surface area contributed by atoms with E-state index in [1.54, 1.807) is 48.5 Å².